The van der Waals surface area contributed by atoms with Crippen molar-refractivity contribution < 1.29 is 19.1 Å². The summed E-state index contributed by atoms with van der Waals surface area (Å²) < 4.78 is 13.0. The number of halogens is 1. The molecule has 0 unspecified atom stereocenters. The van der Waals surface area contributed by atoms with Crippen LogP contribution in [-0.4, -0.2) is 16.9 Å². The molecule has 0 radical (unpaired) electrons. The van der Waals surface area contributed by atoms with E-state index in [2.05, 4.69) is 0 Å². The largest absolute Gasteiger partial charge is 0.478 e. The van der Waals surface area contributed by atoms with Gasteiger partial charge in [-0.1, -0.05) is 0 Å². The van der Waals surface area contributed by atoms with Crippen molar-refractivity contribution in [3.8, 4) is 0 Å². The number of Topliss-reactive ketones (excluding diaryl/α,β-unsaturated/α-hetero) is 1. The van der Waals surface area contributed by atoms with E-state index in [9.17, 15) is 14.0 Å². The smallest absolute Gasteiger partial charge is 0.335 e. The van der Waals surface area contributed by atoms with Crippen molar-refractivity contribution in [1.29, 1.82) is 0 Å². The Hall–Kier alpha value is -1.71. The number of hydrogen-bond acceptors (Lipinski definition) is 2. The molecule has 0 spiro atoms. The van der Waals surface area contributed by atoms with Crippen LogP contribution in [0.5, 0.6) is 0 Å². The van der Waals surface area contributed by atoms with Gasteiger partial charge < -0.3 is 5.11 Å². The Morgan fingerprint density at radius 3 is 2.38 bits per heavy atom. The Morgan fingerprint density at radius 2 is 2.00 bits per heavy atom. The van der Waals surface area contributed by atoms with Crippen LogP contribution in [0.25, 0.3) is 0 Å². The van der Waals surface area contributed by atoms with Gasteiger partial charge in [0.1, 0.15) is 5.82 Å². The maximum atomic E-state index is 13.0. The summed E-state index contributed by atoms with van der Waals surface area (Å²) in [7, 11) is 0. The lowest BCUT2D eigenvalue weighted by Crippen LogP contribution is -2.01. The molecule has 0 saturated heterocycles. The fourth-order valence-corrected chi connectivity index (χ4v) is 0.934. The average molecular weight is 182 g/mol. The van der Waals surface area contributed by atoms with Crippen LogP contribution in [0.4, 0.5) is 4.39 Å². The quantitative estimate of drug-likeness (QED) is 0.708. The van der Waals surface area contributed by atoms with Crippen LogP contribution < -0.4 is 0 Å². The monoisotopic (exact) mass is 182 g/mol. The zero-order valence-electron chi connectivity index (χ0n) is 6.87. The molecule has 1 N–H and O–H groups in total. The highest BCUT2D eigenvalue weighted by Gasteiger charge is 2.10. The van der Waals surface area contributed by atoms with Gasteiger partial charge in [-0.05, 0) is 25.1 Å². The van der Waals surface area contributed by atoms with Gasteiger partial charge in [0, 0.05) is 0 Å². The average Bonchev–Trinajstić information content (AvgIpc) is 2.03. The van der Waals surface area contributed by atoms with Crippen molar-refractivity contribution in [2.75, 3.05) is 0 Å². The van der Waals surface area contributed by atoms with E-state index in [-0.39, 0.29) is 11.1 Å². The summed E-state index contributed by atoms with van der Waals surface area (Å²) in [6.07, 6.45) is 0. The van der Waals surface area contributed by atoms with Gasteiger partial charge in [0.15, 0.2) is 5.78 Å². The molecule has 1 aromatic rings. The van der Waals surface area contributed by atoms with E-state index >= 15 is 0 Å². The summed E-state index contributed by atoms with van der Waals surface area (Å²) in [6, 6.07) is 3.20. The van der Waals surface area contributed by atoms with Crippen molar-refractivity contribution in [1.82, 2.24) is 0 Å². The van der Waals surface area contributed by atoms with Crippen LogP contribution in [-0.2, 0) is 0 Å². The number of ketones is 1. The zero-order chi connectivity index (χ0) is 10.0. The van der Waals surface area contributed by atoms with E-state index in [4.69, 9.17) is 5.11 Å². The SMILES string of the molecule is CC(=O)c1ccc(C(=O)O)cc1F. The molecule has 3 nitrogen and oxygen atoms in total. The van der Waals surface area contributed by atoms with Gasteiger partial charge in [-0.15, -0.1) is 0 Å². The number of rotatable bonds is 2. The Labute approximate surface area is 73.8 Å². The summed E-state index contributed by atoms with van der Waals surface area (Å²) in [5, 5.41) is 8.49. The van der Waals surface area contributed by atoms with Crippen LogP contribution in [0.2, 0.25) is 0 Å². The minimum absolute atomic E-state index is 0.0926. The second-order valence-corrected chi connectivity index (χ2v) is 2.56. The molecular formula is C9H7FO3. The normalized spacial score (nSPS) is 9.69. The summed E-state index contributed by atoms with van der Waals surface area (Å²) in [5.41, 5.74) is -0.257. The summed E-state index contributed by atoms with van der Waals surface area (Å²) in [6.45, 7) is 1.22. The number of carboxylic acids is 1. The van der Waals surface area contributed by atoms with Crippen molar-refractivity contribution in [3.63, 3.8) is 0 Å². The summed E-state index contributed by atoms with van der Waals surface area (Å²) in [5.74, 6) is -2.43. The minimum Gasteiger partial charge on any atom is -0.478 e. The van der Waals surface area contributed by atoms with Gasteiger partial charge in [0.25, 0.3) is 0 Å². The molecule has 0 aliphatic rings. The molecule has 0 aliphatic heterocycles. The van der Waals surface area contributed by atoms with Gasteiger partial charge in [-0.25, -0.2) is 9.18 Å². The highest BCUT2D eigenvalue weighted by Crippen LogP contribution is 2.10. The maximum Gasteiger partial charge on any atom is 0.335 e. The first-order valence-electron chi connectivity index (χ1n) is 3.56. The zero-order valence-corrected chi connectivity index (χ0v) is 6.87. The van der Waals surface area contributed by atoms with E-state index in [1.807, 2.05) is 0 Å². The van der Waals surface area contributed by atoms with Crippen molar-refractivity contribution >= 4 is 11.8 Å². The third-order valence-corrected chi connectivity index (χ3v) is 1.60. The molecule has 0 aromatic heterocycles. The van der Waals surface area contributed by atoms with E-state index < -0.39 is 17.6 Å². The predicted molar refractivity (Wildman–Crippen MR) is 43.4 cm³/mol. The summed E-state index contributed by atoms with van der Waals surface area (Å²) in [4.78, 5) is 21.1. The number of benzene rings is 1. The fraction of sp³-hybridized carbons (Fsp3) is 0.111. The number of carbonyl (C=O) groups excluding carboxylic acids is 1. The molecule has 0 fully saturated rings. The Morgan fingerprint density at radius 1 is 1.38 bits per heavy atom. The maximum absolute atomic E-state index is 13.0. The number of carboxylic acid groups (broad SMARTS) is 1. The van der Waals surface area contributed by atoms with Crippen LogP contribution in [0, 0.1) is 5.82 Å². The van der Waals surface area contributed by atoms with Gasteiger partial charge in [0.05, 0.1) is 11.1 Å². The minimum atomic E-state index is -1.21. The van der Waals surface area contributed by atoms with Crippen molar-refractivity contribution in [2.45, 2.75) is 6.92 Å². The molecule has 1 rings (SSSR count). The van der Waals surface area contributed by atoms with Crippen LogP contribution in [0.1, 0.15) is 27.6 Å². The van der Waals surface area contributed by atoms with Gasteiger partial charge in [-0.2, -0.15) is 0 Å². The van der Waals surface area contributed by atoms with E-state index in [0.29, 0.717) is 0 Å². The van der Waals surface area contributed by atoms with E-state index in [1.54, 1.807) is 0 Å². The molecule has 4 heteroatoms. The van der Waals surface area contributed by atoms with Crippen LogP contribution >= 0.6 is 0 Å². The third-order valence-electron chi connectivity index (χ3n) is 1.60. The molecule has 13 heavy (non-hydrogen) atoms. The second-order valence-electron chi connectivity index (χ2n) is 2.56. The number of aromatic carboxylic acids is 1. The van der Waals surface area contributed by atoms with Crippen LogP contribution in [0.15, 0.2) is 18.2 Å². The van der Waals surface area contributed by atoms with Crippen molar-refractivity contribution in [3.05, 3.63) is 35.1 Å². The molecule has 0 amide bonds. The number of carbonyl (C=O) groups is 2. The topological polar surface area (TPSA) is 54.4 Å². The lowest BCUT2D eigenvalue weighted by Gasteiger charge is -1.99. The molecule has 0 heterocycles. The first-order chi connectivity index (χ1) is 6.02. The number of hydrogen-bond donors (Lipinski definition) is 1. The Balaban J connectivity index is 3.20. The second kappa shape index (κ2) is 3.35. The Kier molecular flexibility index (Phi) is 2.41. The van der Waals surface area contributed by atoms with E-state index in [1.165, 1.54) is 19.1 Å². The van der Waals surface area contributed by atoms with E-state index in [0.717, 1.165) is 6.07 Å². The lowest BCUT2D eigenvalue weighted by molar-refractivity contribution is 0.0695. The summed E-state index contributed by atoms with van der Waals surface area (Å²) >= 11 is 0. The molecule has 0 bridgehead atoms. The highest BCUT2D eigenvalue weighted by atomic mass is 19.1. The molecular weight excluding hydrogens is 175 g/mol. The predicted octanol–water partition coefficient (Wildman–Crippen LogP) is 1.73. The van der Waals surface area contributed by atoms with Crippen LogP contribution in [0.3, 0.4) is 0 Å². The highest BCUT2D eigenvalue weighted by molar-refractivity contribution is 5.96. The van der Waals surface area contributed by atoms with Gasteiger partial charge >= 0.3 is 5.97 Å². The molecule has 0 saturated carbocycles. The lowest BCUT2D eigenvalue weighted by atomic mass is 10.1. The van der Waals surface area contributed by atoms with Gasteiger partial charge in [0.2, 0.25) is 0 Å². The molecule has 68 valence electrons. The fourth-order valence-electron chi connectivity index (χ4n) is 0.934. The van der Waals surface area contributed by atoms with Gasteiger partial charge in [-0.3, -0.25) is 4.79 Å². The molecule has 0 atom stereocenters. The Bertz CT molecular complexity index is 371. The third kappa shape index (κ3) is 1.90. The first-order valence-corrected chi connectivity index (χ1v) is 3.56. The standard InChI is InChI=1S/C9H7FO3/c1-5(11)7-3-2-6(9(12)13)4-8(7)10/h2-4H,1H3,(H,12,13). The molecule has 1 aromatic carbocycles. The van der Waals surface area contributed by atoms with Crippen molar-refractivity contribution in [2.24, 2.45) is 0 Å². The first kappa shape index (κ1) is 9.38. The molecule has 0 aliphatic carbocycles.